The minimum Gasteiger partial charge on any atom is -0.372 e. The van der Waals surface area contributed by atoms with Crippen LogP contribution in [0, 0.1) is 11.3 Å². The highest BCUT2D eigenvalue weighted by atomic mass is 32.1. The van der Waals surface area contributed by atoms with Crippen molar-refractivity contribution in [1.82, 2.24) is 5.32 Å². The number of nitriles is 1. The second kappa shape index (κ2) is 5.96. The maximum atomic E-state index is 11.6. The molecule has 2 heterocycles. The first kappa shape index (κ1) is 13.0. The van der Waals surface area contributed by atoms with Crippen LogP contribution in [-0.4, -0.2) is 25.7 Å². The minimum absolute atomic E-state index is 0.0299. The Bertz CT molecular complexity index is 490. The molecule has 18 heavy (non-hydrogen) atoms. The predicted octanol–water partition coefficient (Wildman–Crippen LogP) is 1.24. The zero-order valence-corrected chi connectivity index (χ0v) is 11.0. The van der Waals surface area contributed by atoms with Gasteiger partial charge in [0.25, 0.3) is 5.91 Å². The number of nitrogens with one attached hydrogen (secondary N) is 2. The van der Waals surface area contributed by atoms with E-state index in [9.17, 15) is 10.1 Å². The molecule has 0 aliphatic carbocycles. The second-order valence-corrected chi connectivity index (χ2v) is 5.04. The zero-order chi connectivity index (χ0) is 13.0. The quantitative estimate of drug-likeness (QED) is 0.859. The fraction of sp³-hybridized carbons (Fsp3) is 0.500. The maximum Gasteiger partial charge on any atom is 0.251 e. The number of nitrogens with zero attached hydrogens (tertiary/aromatic N) is 1. The first-order valence-corrected chi connectivity index (χ1v) is 6.70. The SMILES string of the molecule is CCOCC(=O)Nc1sc2c(c1C#N)CCNC2. The van der Waals surface area contributed by atoms with Crippen molar-refractivity contribution < 1.29 is 9.53 Å². The standard InChI is InChI=1S/C12H15N3O2S/c1-2-17-7-11(16)15-12-9(5-13)8-3-4-14-6-10(8)18-12/h14H,2-4,6-7H2,1H3,(H,15,16). The number of thiophene rings is 1. The van der Waals surface area contributed by atoms with E-state index >= 15 is 0 Å². The van der Waals surface area contributed by atoms with E-state index < -0.39 is 0 Å². The molecule has 0 saturated heterocycles. The number of carbonyl (C=O) groups is 1. The van der Waals surface area contributed by atoms with E-state index in [-0.39, 0.29) is 12.5 Å². The van der Waals surface area contributed by atoms with Crippen LogP contribution >= 0.6 is 11.3 Å². The highest BCUT2D eigenvalue weighted by molar-refractivity contribution is 7.16. The van der Waals surface area contributed by atoms with Crippen molar-refractivity contribution in [2.24, 2.45) is 0 Å². The van der Waals surface area contributed by atoms with Crippen molar-refractivity contribution in [2.75, 3.05) is 25.1 Å². The average molecular weight is 265 g/mol. The van der Waals surface area contributed by atoms with Crippen molar-refractivity contribution in [2.45, 2.75) is 19.9 Å². The van der Waals surface area contributed by atoms with Gasteiger partial charge in [0.1, 0.15) is 17.7 Å². The molecule has 0 radical (unpaired) electrons. The van der Waals surface area contributed by atoms with Gasteiger partial charge in [-0.05, 0) is 25.5 Å². The molecule has 1 aliphatic heterocycles. The summed E-state index contributed by atoms with van der Waals surface area (Å²) in [4.78, 5) is 12.7. The lowest BCUT2D eigenvalue weighted by molar-refractivity contribution is -0.120. The number of anilines is 1. The van der Waals surface area contributed by atoms with Gasteiger partial charge in [-0.25, -0.2) is 0 Å². The van der Waals surface area contributed by atoms with Crippen molar-refractivity contribution in [3.63, 3.8) is 0 Å². The summed E-state index contributed by atoms with van der Waals surface area (Å²) in [6, 6.07) is 2.19. The molecule has 1 aromatic rings. The largest absolute Gasteiger partial charge is 0.372 e. The van der Waals surface area contributed by atoms with E-state index in [1.165, 1.54) is 11.3 Å². The number of amides is 1. The second-order valence-electron chi connectivity index (χ2n) is 3.93. The van der Waals surface area contributed by atoms with Gasteiger partial charge in [0.05, 0.1) is 5.56 Å². The van der Waals surface area contributed by atoms with Gasteiger partial charge >= 0.3 is 0 Å². The summed E-state index contributed by atoms with van der Waals surface area (Å²) in [6.07, 6.45) is 0.843. The number of hydrogen-bond acceptors (Lipinski definition) is 5. The molecule has 0 unspecified atom stereocenters. The third-order valence-corrected chi connectivity index (χ3v) is 3.88. The number of hydrogen-bond donors (Lipinski definition) is 2. The molecule has 6 heteroatoms. The highest BCUT2D eigenvalue weighted by Gasteiger charge is 2.21. The Hall–Kier alpha value is -1.42. The average Bonchev–Trinajstić information content (AvgIpc) is 2.73. The van der Waals surface area contributed by atoms with Crippen LogP contribution in [0.1, 0.15) is 22.9 Å². The molecule has 1 amide bonds. The molecule has 0 aromatic carbocycles. The molecule has 1 aromatic heterocycles. The monoisotopic (exact) mass is 265 g/mol. The van der Waals surface area contributed by atoms with E-state index in [0.29, 0.717) is 17.2 Å². The molecule has 0 spiro atoms. The summed E-state index contributed by atoms with van der Waals surface area (Å²) in [5.74, 6) is -0.208. The first-order chi connectivity index (χ1) is 8.76. The van der Waals surface area contributed by atoms with Gasteiger partial charge in [-0.2, -0.15) is 5.26 Å². The predicted molar refractivity (Wildman–Crippen MR) is 69.6 cm³/mol. The third-order valence-electron chi connectivity index (χ3n) is 2.73. The van der Waals surface area contributed by atoms with Gasteiger partial charge in [0.2, 0.25) is 0 Å². The van der Waals surface area contributed by atoms with Gasteiger partial charge < -0.3 is 15.4 Å². The fourth-order valence-electron chi connectivity index (χ4n) is 1.90. The summed E-state index contributed by atoms with van der Waals surface area (Å²) in [5, 5.41) is 15.9. The minimum atomic E-state index is -0.208. The van der Waals surface area contributed by atoms with Gasteiger partial charge in [0, 0.05) is 18.0 Å². The Morgan fingerprint density at radius 3 is 3.22 bits per heavy atom. The van der Waals surface area contributed by atoms with Crippen molar-refractivity contribution in [1.29, 1.82) is 5.26 Å². The highest BCUT2D eigenvalue weighted by Crippen LogP contribution is 2.34. The van der Waals surface area contributed by atoms with Crippen LogP contribution in [0.4, 0.5) is 5.00 Å². The van der Waals surface area contributed by atoms with Crippen LogP contribution in [0.15, 0.2) is 0 Å². The Labute approximate surface area is 110 Å². The van der Waals surface area contributed by atoms with Gasteiger partial charge in [-0.15, -0.1) is 11.3 Å². The molecular weight excluding hydrogens is 250 g/mol. The van der Waals surface area contributed by atoms with Crippen molar-refractivity contribution >= 4 is 22.2 Å². The van der Waals surface area contributed by atoms with Crippen molar-refractivity contribution in [3.8, 4) is 6.07 Å². The van der Waals surface area contributed by atoms with Crippen molar-refractivity contribution in [3.05, 3.63) is 16.0 Å². The third kappa shape index (κ3) is 2.70. The molecule has 0 bridgehead atoms. The lowest BCUT2D eigenvalue weighted by Crippen LogP contribution is -2.22. The van der Waals surface area contributed by atoms with E-state index in [1.807, 2.05) is 6.92 Å². The van der Waals surface area contributed by atoms with Crippen LogP contribution in [-0.2, 0) is 22.5 Å². The molecule has 0 saturated carbocycles. The normalized spacial score (nSPS) is 13.8. The van der Waals surface area contributed by atoms with Crippen LogP contribution in [0.3, 0.4) is 0 Å². The molecule has 2 N–H and O–H groups in total. The molecule has 2 rings (SSSR count). The molecule has 0 fully saturated rings. The number of rotatable bonds is 4. The van der Waals surface area contributed by atoms with Crippen LogP contribution in [0.2, 0.25) is 0 Å². The topological polar surface area (TPSA) is 74.1 Å². The number of carbonyl (C=O) groups excluding carboxylic acids is 1. The van der Waals surface area contributed by atoms with E-state index in [2.05, 4.69) is 16.7 Å². The van der Waals surface area contributed by atoms with E-state index in [1.54, 1.807) is 0 Å². The number of ether oxygens (including phenoxy) is 1. The first-order valence-electron chi connectivity index (χ1n) is 5.89. The van der Waals surface area contributed by atoms with E-state index in [4.69, 9.17) is 4.74 Å². The Morgan fingerprint density at radius 1 is 1.67 bits per heavy atom. The van der Waals surface area contributed by atoms with Gasteiger partial charge in [-0.3, -0.25) is 4.79 Å². The molecule has 0 atom stereocenters. The summed E-state index contributed by atoms with van der Waals surface area (Å²) in [5.41, 5.74) is 1.69. The maximum absolute atomic E-state index is 11.6. The lowest BCUT2D eigenvalue weighted by Gasteiger charge is -2.11. The van der Waals surface area contributed by atoms with E-state index in [0.717, 1.165) is 30.0 Å². The summed E-state index contributed by atoms with van der Waals surface area (Å²) in [6.45, 7) is 4.02. The lowest BCUT2D eigenvalue weighted by atomic mass is 10.1. The zero-order valence-electron chi connectivity index (χ0n) is 10.2. The van der Waals surface area contributed by atoms with Crippen LogP contribution < -0.4 is 10.6 Å². The molecular formula is C12H15N3O2S. The number of fused-ring (bicyclic) bond motifs is 1. The van der Waals surface area contributed by atoms with Gasteiger partial charge in [0.15, 0.2) is 0 Å². The molecule has 96 valence electrons. The molecule has 5 nitrogen and oxygen atoms in total. The van der Waals surface area contributed by atoms with Gasteiger partial charge in [-0.1, -0.05) is 0 Å². The Balaban J connectivity index is 2.15. The van der Waals surface area contributed by atoms with Crippen LogP contribution in [0.25, 0.3) is 0 Å². The smallest absolute Gasteiger partial charge is 0.251 e. The van der Waals surface area contributed by atoms with Crippen LogP contribution in [0.5, 0.6) is 0 Å². The Morgan fingerprint density at radius 2 is 2.50 bits per heavy atom. The summed E-state index contributed by atoms with van der Waals surface area (Å²) >= 11 is 1.48. The molecule has 1 aliphatic rings. The fourth-order valence-corrected chi connectivity index (χ4v) is 3.08. The summed E-state index contributed by atoms with van der Waals surface area (Å²) < 4.78 is 5.04. The summed E-state index contributed by atoms with van der Waals surface area (Å²) in [7, 11) is 0. The Kier molecular flexibility index (Phi) is 4.31.